The fraction of sp³-hybridized carbons (Fsp3) is 0.622. The van der Waals surface area contributed by atoms with Gasteiger partial charge in [0.2, 0.25) is 11.5 Å². The maximum Gasteiger partial charge on any atom is 0.336 e. The second-order valence-corrected chi connectivity index (χ2v) is 14.4. The third-order valence-corrected chi connectivity index (χ3v) is 9.99. The van der Waals surface area contributed by atoms with Crippen LogP contribution in [-0.2, 0) is 14.3 Å². The van der Waals surface area contributed by atoms with E-state index in [9.17, 15) is 14.4 Å². The number of carbonyl (C=O) groups is 3. The number of anilines is 1. The number of hydrogen-bond acceptors (Lipinski definition) is 13. The van der Waals surface area contributed by atoms with Gasteiger partial charge >= 0.3 is 11.9 Å². The molecule has 4 heterocycles. The van der Waals surface area contributed by atoms with E-state index in [1.807, 2.05) is 13.8 Å². The van der Waals surface area contributed by atoms with Gasteiger partial charge in [-0.05, 0) is 77.9 Å². The molecule has 0 bridgehead atoms. The second-order valence-electron chi connectivity index (χ2n) is 14.4. The molecule has 52 heavy (non-hydrogen) atoms. The molecule has 3 aliphatic heterocycles. The zero-order valence-electron chi connectivity index (χ0n) is 31.2. The lowest BCUT2D eigenvalue weighted by molar-refractivity contribution is -0.133. The summed E-state index contributed by atoms with van der Waals surface area (Å²) in [7, 11) is 1.74. The lowest BCUT2D eigenvalue weighted by atomic mass is 9.76. The first kappa shape index (κ1) is 39.0. The Hall–Kier alpha value is -4.21. The van der Waals surface area contributed by atoms with Crippen LogP contribution in [0, 0.1) is 17.2 Å². The van der Waals surface area contributed by atoms with Gasteiger partial charge in [0, 0.05) is 76.1 Å². The van der Waals surface area contributed by atoms with Crippen LogP contribution >= 0.6 is 0 Å². The van der Waals surface area contributed by atoms with Gasteiger partial charge in [0.1, 0.15) is 6.33 Å². The van der Waals surface area contributed by atoms with Crippen LogP contribution in [0.25, 0.3) is 0 Å². The van der Waals surface area contributed by atoms with Crippen LogP contribution in [0.1, 0.15) is 77.1 Å². The molecule has 1 aromatic heterocycles. The maximum atomic E-state index is 15.6. The second kappa shape index (κ2) is 17.5. The first-order valence-corrected chi connectivity index (χ1v) is 18.3. The lowest BCUT2D eigenvalue weighted by Gasteiger charge is -2.53. The van der Waals surface area contributed by atoms with Gasteiger partial charge in [-0.1, -0.05) is 13.8 Å². The molecule has 5 rings (SSSR count). The van der Waals surface area contributed by atoms with Crippen molar-refractivity contribution in [2.45, 2.75) is 78.8 Å². The monoisotopic (exact) mass is 725 g/mol. The molecule has 2 fully saturated rings. The highest BCUT2D eigenvalue weighted by Gasteiger charge is 2.50. The summed E-state index contributed by atoms with van der Waals surface area (Å²) in [6, 6.07) is 1.15. The highest BCUT2D eigenvalue weighted by atomic mass is 19.1. The zero-order valence-corrected chi connectivity index (χ0v) is 31.2. The number of fused-ring (bicyclic) bond motifs is 1. The number of unbranched alkanes of at least 4 members (excludes halogenated alkanes) is 1. The molecule has 1 aromatic carbocycles. The number of esters is 2. The number of hydrogen-bond donors (Lipinski definition) is 1. The molecular formula is C37H52FN7O7. The Labute approximate surface area is 305 Å². The van der Waals surface area contributed by atoms with Gasteiger partial charge in [0.15, 0.2) is 17.4 Å². The van der Waals surface area contributed by atoms with Gasteiger partial charge in [-0.2, -0.15) is 0 Å². The van der Waals surface area contributed by atoms with Crippen molar-refractivity contribution >= 4 is 23.7 Å². The zero-order chi connectivity index (χ0) is 37.4. The third-order valence-electron chi connectivity index (χ3n) is 9.99. The normalized spacial score (nSPS) is 18.1. The van der Waals surface area contributed by atoms with Crippen molar-refractivity contribution < 1.29 is 37.7 Å². The van der Waals surface area contributed by atoms with Crippen LogP contribution in [-0.4, -0.2) is 114 Å². The van der Waals surface area contributed by atoms with E-state index in [4.69, 9.17) is 18.9 Å². The van der Waals surface area contributed by atoms with Crippen LogP contribution in [0.5, 0.6) is 23.1 Å². The van der Waals surface area contributed by atoms with E-state index in [0.29, 0.717) is 37.4 Å². The van der Waals surface area contributed by atoms with Crippen molar-refractivity contribution in [2.75, 3.05) is 64.4 Å². The number of amides is 1. The van der Waals surface area contributed by atoms with Crippen LogP contribution < -0.4 is 24.4 Å². The molecule has 0 aliphatic carbocycles. The van der Waals surface area contributed by atoms with Crippen LogP contribution in [0.15, 0.2) is 24.5 Å². The Morgan fingerprint density at radius 3 is 2.44 bits per heavy atom. The molecule has 14 nitrogen and oxygen atoms in total. The van der Waals surface area contributed by atoms with Gasteiger partial charge in [-0.15, -0.1) is 10.2 Å². The molecule has 1 unspecified atom stereocenters. The lowest BCUT2D eigenvalue weighted by Crippen LogP contribution is -2.62. The van der Waals surface area contributed by atoms with E-state index >= 15 is 4.39 Å². The summed E-state index contributed by atoms with van der Waals surface area (Å²) >= 11 is 0. The topological polar surface area (TPSA) is 149 Å². The van der Waals surface area contributed by atoms with Gasteiger partial charge in [0.25, 0.3) is 11.8 Å². The van der Waals surface area contributed by atoms with E-state index in [1.165, 1.54) is 11.2 Å². The summed E-state index contributed by atoms with van der Waals surface area (Å²) in [4.78, 5) is 49.5. The van der Waals surface area contributed by atoms with Crippen molar-refractivity contribution in [1.82, 2.24) is 30.3 Å². The summed E-state index contributed by atoms with van der Waals surface area (Å²) in [6.07, 6.45) is 8.35. The van der Waals surface area contributed by atoms with E-state index in [1.54, 1.807) is 14.0 Å². The Bertz CT molecular complexity index is 1610. The standard InChI is InChI=1S/C37H52FN7O7/c1-7-45(25(4)5)36(48)26-19-27(38)32-33(51-30(47)13-12-29(46)50-32)31(26)52-35-34(40-23-41-42-35)43-17-14-37(20-43)21-44(22-37)28(24(2)3)11-10-16-39-15-8-9-18-49-6/h12-13,19,23-25,28,39H,7-11,14-18,20-22H2,1-6H3/b13-12+. The highest BCUT2D eigenvalue weighted by Crippen LogP contribution is 2.48. The summed E-state index contributed by atoms with van der Waals surface area (Å²) < 4.78 is 37.6. The molecule has 15 heteroatoms. The molecule has 1 atom stereocenters. The Balaban J connectivity index is 1.34. The number of nitrogens with one attached hydrogen (secondary N) is 1. The number of halogens is 1. The minimum absolute atomic E-state index is 0.0657. The van der Waals surface area contributed by atoms with Crippen LogP contribution in [0.4, 0.5) is 10.2 Å². The summed E-state index contributed by atoms with van der Waals surface area (Å²) in [5.74, 6) is -4.39. The van der Waals surface area contributed by atoms with E-state index in [-0.39, 0.29) is 28.6 Å². The number of aromatic nitrogens is 3. The molecule has 0 saturated carbocycles. The number of carbonyl (C=O) groups excluding carboxylic acids is 3. The number of benzene rings is 1. The quantitative estimate of drug-likeness (QED) is 0.140. The largest absolute Gasteiger partial charge is 0.430 e. The average Bonchev–Trinajstić information content (AvgIpc) is 3.54. The van der Waals surface area contributed by atoms with Crippen molar-refractivity contribution in [3.63, 3.8) is 0 Å². The van der Waals surface area contributed by atoms with Crippen LogP contribution in [0.3, 0.4) is 0 Å². The fourth-order valence-electron chi connectivity index (χ4n) is 7.40. The molecule has 284 valence electrons. The fourth-order valence-corrected chi connectivity index (χ4v) is 7.40. The smallest absolute Gasteiger partial charge is 0.336 e. The number of ether oxygens (including phenoxy) is 4. The molecule has 3 aliphatic rings. The van der Waals surface area contributed by atoms with Gasteiger partial charge < -0.3 is 34.1 Å². The minimum Gasteiger partial charge on any atom is -0.430 e. The first-order valence-electron chi connectivity index (χ1n) is 18.3. The van der Waals surface area contributed by atoms with Crippen molar-refractivity contribution in [3.8, 4) is 23.1 Å². The van der Waals surface area contributed by atoms with Crippen LogP contribution in [0.2, 0.25) is 0 Å². The van der Waals surface area contributed by atoms with E-state index in [2.05, 4.69) is 44.1 Å². The molecule has 2 aromatic rings. The Morgan fingerprint density at radius 2 is 1.77 bits per heavy atom. The number of methoxy groups -OCH3 is 1. The predicted octanol–water partition coefficient (Wildman–Crippen LogP) is 4.39. The van der Waals surface area contributed by atoms with E-state index < -0.39 is 35.2 Å². The summed E-state index contributed by atoms with van der Waals surface area (Å²) in [5.41, 5.74) is -0.179. The average molecular weight is 726 g/mol. The van der Waals surface area contributed by atoms with E-state index in [0.717, 1.165) is 83.1 Å². The highest BCUT2D eigenvalue weighted by molar-refractivity contribution is 6.01. The maximum absolute atomic E-state index is 15.6. The predicted molar refractivity (Wildman–Crippen MR) is 191 cm³/mol. The molecule has 2 saturated heterocycles. The summed E-state index contributed by atoms with van der Waals surface area (Å²) in [5, 5.41) is 11.7. The molecule has 0 radical (unpaired) electrons. The SMILES string of the molecule is CCN(C(=O)c1cc(F)c2c(c1Oc1nncnc1N1CCC3(C1)CN(C(CCCNCCCCOC)C(C)C)C3)OC(=O)/C=C/C(=O)O2)C(C)C. The molecule has 1 amide bonds. The van der Waals surface area contributed by atoms with Crippen molar-refractivity contribution in [1.29, 1.82) is 0 Å². The third kappa shape index (κ3) is 9.04. The number of likely N-dealkylation sites (tertiary alicyclic amines) is 1. The Morgan fingerprint density at radius 1 is 1.06 bits per heavy atom. The molecule has 1 N–H and O–H groups in total. The molecule has 1 spiro atoms. The Kier molecular flexibility index (Phi) is 13.2. The number of rotatable bonds is 17. The molecular weight excluding hydrogens is 673 g/mol. The van der Waals surface area contributed by atoms with Crippen molar-refractivity contribution in [3.05, 3.63) is 35.9 Å². The first-order chi connectivity index (χ1) is 25.0. The number of nitrogens with zero attached hydrogens (tertiary/aromatic N) is 6. The summed E-state index contributed by atoms with van der Waals surface area (Å²) in [6.45, 7) is 16.4. The minimum atomic E-state index is -1.08. The van der Waals surface area contributed by atoms with Gasteiger partial charge in [0.05, 0.1) is 5.56 Å². The van der Waals surface area contributed by atoms with Crippen molar-refractivity contribution in [2.24, 2.45) is 11.3 Å². The van der Waals surface area contributed by atoms with Gasteiger partial charge in [-0.25, -0.2) is 19.0 Å². The van der Waals surface area contributed by atoms with Gasteiger partial charge in [-0.3, -0.25) is 9.69 Å².